The Morgan fingerprint density at radius 2 is 1.94 bits per heavy atom. The Kier molecular flexibility index (Phi) is 4.74. The van der Waals surface area contributed by atoms with Crippen LogP contribution in [0, 0.1) is 5.92 Å². The number of nitrogens with one attached hydrogen (secondary N) is 1. The van der Waals surface area contributed by atoms with Gasteiger partial charge in [-0.05, 0) is 18.8 Å². The van der Waals surface area contributed by atoms with Gasteiger partial charge in [0.1, 0.15) is 0 Å². The molecule has 1 atom stereocenters. The predicted molar refractivity (Wildman–Crippen MR) is 61.9 cm³/mol. The van der Waals surface area contributed by atoms with Crippen LogP contribution in [0.3, 0.4) is 0 Å². The Morgan fingerprint density at radius 1 is 1.38 bits per heavy atom. The Balaban J connectivity index is 2.25. The van der Waals surface area contributed by atoms with Crippen LogP contribution in [0.2, 0.25) is 0 Å². The van der Waals surface area contributed by atoms with E-state index >= 15 is 0 Å². The Hall–Kier alpha value is -0.610. The van der Waals surface area contributed by atoms with Crippen molar-refractivity contribution in [2.75, 3.05) is 6.54 Å². The number of aliphatic hydroxyl groups excluding tert-OH is 1. The van der Waals surface area contributed by atoms with Crippen molar-refractivity contribution in [3.05, 3.63) is 0 Å². The second-order valence-electron chi connectivity index (χ2n) is 5.22. The number of hydrogen-bond acceptors (Lipinski definition) is 3. The van der Waals surface area contributed by atoms with E-state index < -0.39 is 11.7 Å². The van der Waals surface area contributed by atoms with Gasteiger partial charge in [-0.1, -0.05) is 26.7 Å². The molecule has 1 fully saturated rings. The zero-order valence-electron chi connectivity index (χ0n) is 10.2. The van der Waals surface area contributed by atoms with Crippen molar-refractivity contribution in [2.24, 2.45) is 5.92 Å². The topological polar surface area (TPSA) is 69.6 Å². The van der Waals surface area contributed by atoms with Crippen LogP contribution < -0.4 is 5.32 Å². The zero-order chi connectivity index (χ0) is 12.2. The summed E-state index contributed by atoms with van der Waals surface area (Å²) in [6.07, 6.45) is 3.08. The van der Waals surface area contributed by atoms with Crippen LogP contribution in [0.4, 0.5) is 0 Å². The minimum atomic E-state index is -0.799. The molecule has 0 heterocycles. The molecule has 0 spiro atoms. The van der Waals surface area contributed by atoms with Gasteiger partial charge >= 0.3 is 0 Å². The van der Waals surface area contributed by atoms with Gasteiger partial charge in [0.25, 0.3) is 0 Å². The zero-order valence-corrected chi connectivity index (χ0v) is 10.2. The molecule has 0 saturated heterocycles. The quantitative estimate of drug-likeness (QED) is 0.653. The third-order valence-electron chi connectivity index (χ3n) is 3.30. The van der Waals surface area contributed by atoms with Crippen molar-refractivity contribution >= 4 is 5.91 Å². The van der Waals surface area contributed by atoms with Crippen LogP contribution in [-0.2, 0) is 4.79 Å². The summed E-state index contributed by atoms with van der Waals surface area (Å²) in [5.41, 5.74) is -0.799. The fourth-order valence-electron chi connectivity index (χ4n) is 2.03. The van der Waals surface area contributed by atoms with Crippen LogP contribution in [-0.4, -0.2) is 34.4 Å². The molecule has 0 bridgehead atoms. The summed E-state index contributed by atoms with van der Waals surface area (Å²) in [4.78, 5) is 11.5. The van der Waals surface area contributed by atoms with Crippen molar-refractivity contribution in [1.82, 2.24) is 5.32 Å². The molecule has 1 unspecified atom stereocenters. The van der Waals surface area contributed by atoms with Gasteiger partial charge in [0.2, 0.25) is 5.91 Å². The van der Waals surface area contributed by atoms with E-state index in [1.165, 1.54) is 0 Å². The maximum Gasteiger partial charge on any atom is 0.222 e. The van der Waals surface area contributed by atoms with Gasteiger partial charge in [-0.2, -0.15) is 0 Å². The summed E-state index contributed by atoms with van der Waals surface area (Å²) in [5, 5.41) is 22.2. The van der Waals surface area contributed by atoms with Gasteiger partial charge in [0.05, 0.1) is 18.1 Å². The summed E-state index contributed by atoms with van der Waals surface area (Å²) >= 11 is 0. The first-order valence-corrected chi connectivity index (χ1v) is 6.10. The number of hydrogen-bond donors (Lipinski definition) is 3. The van der Waals surface area contributed by atoms with E-state index in [1.807, 2.05) is 13.8 Å². The Labute approximate surface area is 97.0 Å². The number of carbonyl (C=O) groups is 1. The molecular weight excluding hydrogens is 206 g/mol. The van der Waals surface area contributed by atoms with Gasteiger partial charge in [-0.15, -0.1) is 0 Å². The summed E-state index contributed by atoms with van der Waals surface area (Å²) in [5.74, 6) is -0.0287. The van der Waals surface area contributed by atoms with Crippen LogP contribution in [0.15, 0.2) is 0 Å². The highest BCUT2D eigenvalue weighted by molar-refractivity contribution is 5.77. The highest BCUT2D eigenvalue weighted by Gasteiger charge is 2.33. The molecule has 4 heteroatoms. The van der Waals surface area contributed by atoms with Crippen molar-refractivity contribution < 1.29 is 15.0 Å². The third-order valence-corrected chi connectivity index (χ3v) is 3.30. The molecule has 94 valence electrons. The average molecular weight is 229 g/mol. The lowest BCUT2D eigenvalue weighted by atomic mass is 9.97. The number of rotatable bonds is 5. The molecule has 1 amide bonds. The van der Waals surface area contributed by atoms with E-state index in [0.717, 1.165) is 12.8 Å². The van der Waals surface area contributed by atoms with E-state index in [1.54, 1.807) is 0 Å². The van der Waals surface area contributed by atoms with Crippen LogP contribution in [0.1, 0.15) is 46.0 Å². The van der Waals surface area contributed by atoms with E-state index in [2.05, 4.69) is 5.32 Å². The van der Waals surface area contributed by atoms with Crippen molar-refractivity contribution in [1.29, 1.82) is 0 Å². The molecule has 0 aliphatic heterocycles. The molecule has 0 radical (unpaired) electrons. The summed E-state index contributed by atoms with van der Waals surface area (Å²) in [7, 11) is 0. The molecule has 0 aromatic heterocycles. The van der Waals surface area contributed by atoms with Crippen LogP contribution in [0.25, 0.3) is 0 Å². The van der Waals surface area contributed by atoms with Crippen LogP contribution >= 0.6 is 0 Å². The van der Waals surface area contributed by atoms with Gasteiger partial charge < -0.3 is 15.5 Å². The second-order valence-corrected chi connectivity index (χ2v) is 5.22. The fraction of sp³-hybridized carbons (Fsp3) is 0.917. The lowest BCUT2D eigenvalue weighted by Crippen LogP contribution is -2.39. The molecular formula is C12H23NO3. The molecule has 4 nitrogen and oxygen atoms in total. The van der Waals surface area contributed by atoms with E-state index in [0.29, 0.717) is 12.8 Å². The standard InChI is InChI=1S/C12H23NO3/c1-9(2)10(14)8-13-11(15)7-12(16)5-3-4-6-12/h9-10,14,16H,3-8H2,1-2H3,(H,13,15). The molecule has 16 heavy (non-hydrogen) atoms. The number of amides is 1. The van der Waals surface area contributed by atoms with E-state index in [4.69, 9.17) is 0 Å². The Bertz CT molecular complexity index is 234. The first-order valence-electron chi connectivity index (χ1n) is 6.10. The highest BCUT2D eigenvalue weighted by atomic mass is 16.3. The molecule has 3 N–H and O–H groups in total. The van der Waals surface area contributed by atoms with Crippen molar-refractivity contribution in [3.8, 4) is 0 Å². The molecule has 0 aromatic rings. The Morgan fingerprint density at radius 3 is 2.44 bits per heavy atom. The summed E-state index contributed by atoms with van der Waals surface area (Å²) in [6.45, 7) is 4.08. The average Bonchev–Trinajstić information content (AvgIpc) is 2.60. The fourth-order valence-corrected chi connectivity index (χ4v) is 2.03. The monoisotopic (exact) mass is 229 g/mol. The second kappa shape index (κ2) is 5.64. The van der Waals surface area contributed by atoms with Crippen molar-refractivity contribution in [2.45, 2.75) is 57.7 Å². The SMILES string of the molecule is CC(C)C(O)CNC(=O)CC1(O)CCCC1. The first-order chi connectivity index (χ1) is 7.43. The largest absolute Gasteiger partial charge is 0.391 e. The molecule has 1 aliphatic rings. The van der Waals surface area contributed by atoms with Crippen LogP contribution in [0.5, 0.6) is 0 Å². The van der Waals surface area contributed by atoms with Crippen molar-refractivity contribution in [3.63, 3.8) is 0 Å². The smallest absolute Gasteiger partial charge is 0.222 e. The predicted octanol–water partition coefficient (Wildman–Crippen LogP) is 0.815. The van der Waals surface area contributed by atoms with Gasteiger partial charge in [0, 0.05) is 6.54 Å². The minimum absolute atomic E-state index is 0.134. The minimum Gasteiger partial charge on any atom is -0.391 e. The third kappa shape index (κ3) is 4.10. The normalized spacial score (nSPS) is 21.1. The summed E-state index contributed by atoms with van der Waals surface area (Å²) < 4.78 is 0. The molecule has 1 rings (SSSR count). The van der Waals surface area contributed by atoms with Gasteiger partial charge in [0.15, 0.2) is 0 Å². The molecule has 1 aliphatic carbocycles. The highest BCUT2D eigenvalue weighted by Crippen LogP contribution is 2.32. The number of aliphatic hydroxyl groups is 2. The summed E-state index contributed by atoms with van der Waals surface area (Å²) in [6, 6.07) is 0. The van der Waals surface area contributed by atoms with E-state index in [9.17, 15) is 15.0 Å². The lowest BCUT2D eigenvalue weighted by molar-refractivity contribution is -0.126. The van der Waals surface area contributed by atoms with Gasteiger partial charge in [-0.3, -0.25) is 4.79 Å². The lowest BCUT2D eigenvalue weighted by Gasteiger charge is -2.22. The van der Waals surface area contributed by atoms with Gasteiger partial charge in [-0.25, -0.2) is 0 Å². The maximum absolute atomic E-state index is 11.5. The number of carbonyl (C=O) groups excluding carboxylic acids is 1. The molecule has 0 aromatic carbocycles. The maximum atomic E-state index is 11.5. The molecule has 1 saturated carbocycles. The first kappa shape index (κ1) is 13.5. The van der Waals surface area contributed by atoms with E-state index in [-0.39, 0.29) is 24.8 Å².